The van der Waals surface area contributed by atoms with Crippen molar-refractivity contribution in [2.45, 2.75) is 32.5 Å². The molecule has 0 radical (unpaired) electrons. The van der Waals surface area contributed by atoms with E-state index in [4.69, 9.17) is 27.9 Å². The first-order chi connectivity index (χ1) is 21.1. The van der Waals surface area contributed by atoms with E-state index < -0.39 is 12.1 Å². The van der Waals surface area contributed by atoms with Gasteiger partial charge in [0.1, 0.15) is 11.9 Å². The van der Waals surface area contributed by atoms with Crippen LogP contribution in [0.1, 0.15) is 29.8 Å². The van der Waals surface area contributed by atoms with Crippen LogP contribution in [0.4, 0.5) is 16.2 Å². The molecule has 1 aliphatic heterocycles. The zero-order valence-electron chi connectivity index (χ0n) is 24.9. The highest BCUT2D eigenvalue weighted by Crippen LogP contribution is 2.31. The Balaban J connectivity index is 1.37. The summed E-state index contributed by atoms with van der Waals surface area (Å²) in [6.07, 6.45) is -0.267. The Labute approximate surface area is 267 Å². The minimum atomic E-state index is -0.434. The van der Waals surface area contributed by atoms with Gasteiger partial charge < -0.3 is 25.4 Å². The molecule has 5 rings (SSSR count). The highest BCUT2D eigenvalue weighted by molar-refractivity contribution is 6.42. The topological polar surface area (TPSA) is 94.1 Å². The smallest absolute Gasteiger partial charge is 0.323 e. The fourth-order valence-corrected chi connectivity index (χ4v) is 5.78. The first-order valence-corrected chi connectivity index (χ1v) is 15.3. The van der Waals surface area contributed by atoms with Gasteiger partial charge in [0, 0.05) is 36.6 Å². The maximum Gasteiger partial charge on any atom is 0.323 e. The van der Waals surface area contributed by atoms with Crippen LogP contribution in [0.2, 0.25) is 10.0 Å². The van der Waals surface area contributed by atoms with Crippen molar-refractivity contribution in [3.8, 4) is 5.75 Å². The van der Waals surface area contributed by atoms with E-state index in [1.165, 1.54) is 0 Å². The second-order valence-corrected chi connectivity index (χ2v) is 12.2. The molecule has 0 aliphatic carbocycles. The molecule has 1 heterocycles. The van der Waals surface area contributed by atoms with Crippen molar-refractivity contribution in [3.05, 3.63) is 100 Å². The number of hydrogen-bond donors (Lipinski definition) is 3. The number of carbonyl (C=O) groups is 2. The Morgan fingerprint density at radius 2 is 1.82 bits per heavy atom. The average molecular weight is 636 g/mol. The van der Waals surface area contributed by atoms with Gasteiger partial charge in [-0.25, -0.2) is 4.79 Å². The summed E-state index contributed by atoms with van der Waals surface area (Å²) >= 11 is 12.3. The normalized spacial score (nSPS) is 17.4. The molecule has 8 nitrogen and oxygen atoms in total. The van der Waals surface area contributed by atoms with Crippen LogP contribution in [0.5, 0.6) is 5.75 Å². The number of aliphatic hydroxyl groups is 1. The fourth-order valence-electron chi connectivity index (χ4n) is 5.46. The predicted octanol–water partition coefficient (Wildman–Crippen LogP) is 7.14. The lowest BCUT2D eigenvalue weighted by Gasteiger charge is -2.38. The number of nitrogens with zero attached hydrogens (tertiary/aromatic N) is 2. The average Bonchev–Trinajstić information content (AvgIpc) is 3.01. The Morgan fingerprint density at radius 3 is 2.59 bits per heavy atom. The van der Waals surface area contributed by atoms with Gasteiger partial charge in [0.2, 0.25) is 0 Å². The van der Waals surface area contributed by atoms with Gasteiger partial charge in [-0.05, 0) is 61.3 Å². The highest BCUT2D eigenvalue weighted by Gasteiger charge is 2.33. The van der Waals surface area contributed by atoms with Gasteiger partial charge in [0.25, 0.3) is 5.91 Å². The molecule has 0 fully saturated rings. The monoisotopic (exact) mass is 634 g/mol. The molecular formula is C34H36Cl2N4O4. The Bertz CT molecular complexity index is 1660. The van der Waals surface area contributed by atoms with Crippen molar-refractivity contribution in [2.24, 2.45) is 5.92 Å². The number of carbonyl (C=O) groups excluding carboxylic acids is 2. The summed E-state index contributed by atoms with van der Waals surface area (Å²) < 4.78 is 6.51. The molecule has 0 saturated carbocycles. The summed E-state index contributed by atoms with van der Waals surface area (Å²) in [6, 6.07) is 23.3. The number of likely N-dealkylation sites (N-methyl/N-ethyl adjacent to an activating group) is 1. The summed E-state index contributed by atoms with van der Waals surface area (Å²) in [5.41, 5.74) is 2.45. The zero-order valence-corrected chi connectivity index (χ0v) is 26.4. The first-order valence-electron chi connectivity index (χ1n) is 14.5. The van der Waals surface area contributed by atoms with Crippen LogP contribution in [0, 0.1) is 5.92 Å². The van der Waals surface area contributed by atoms with Crippen molar-refractivity contribution in [1.82, 2.24) is 9.80 Å². The lowest BCUT2D eigenvalue weighted by Crippen LogP contribution is -2.49. The summed E-state index contributed by atoms with van der Waals surface area (Å²) in [5, 5.41) is 18.7. The molecule has 0 bridgehead atoms. The third-order valence-electron chi connectivity index (χ3n) is 7.89. The third-order valence-corrected chi connectivity index (χ3v) is 8.63. The van der Waals surface area contributed by atoms with E-state index >= 15 is 0 Å². The van der Waals surface area contributed by atoms with Crippen molar-refractivity contribution in [3.63, 3.8) is 0 Å². The van der Waals surface area contributed by atoms with Crippen LogP contribution in [0.25, 0.3) is 10.8 Å². The van der Waals surface area contributed by atoms with Gasteiger partial charge >= 0.3 is 6.03 Å². The lowest BCUT2D eigenvalue weighted by atomic mass is 9.99. The van der Waals surface area contributed by atoms with E-state index in [-0.39, 0.29) is 24.5 Å². The molecule has 4 aromatic rings. The molecule has 1 aliphatic rings. The van der Waals surface area contributed by atoms with E-state index in [2.05, 4.69) is 15.5 Å². The molecule has 0 unspecified atom stereocenters. The molecule has 0 aromatic heterocycles. The first kappa shape index (κ1) is 31.6. The number of halogens is 2. The van der Waals surface area contributed by atoms with Gasteiger partial charge in [0.05, 0.1) is 33.9 Å². The number of ether oxygens (including phenoxy) is 1. The van der Waals surface area contributed by atoms with Crippen LogP contribution >= 0.6 is 23.2 Å². The van der Waals surface area contributed by atoms with Crippen molar-refractivity contribution >= 4 is 57.3 Å². The van der Waals surface area contributed by atoms with Crippen LogP contribution in [-0.4, -0.2) is 65.7 Å². The van der Waals surface area contributed by atoms with Crippen molar-refractivity contribution in [2.75, 3.05) is 37.4 Å². The van der Waals surface area contributed by atoms with E-state index in [1.807, 2.05) is 75.5 Å². The predicted molar refractivity (Wildman–Crippen MR) is 177 cm³/mol. The number of benzene rings is 4. The second-order valence-electron chi connectivity index (χ2n) is 11.4. The SMILES string of the molecule is C[C@@H]1CN([C@H](C)CO)C(=O)c2cc(NC(=O)Nc3cccc4ccccc34)ccc2O[C@@H]1CN(C)Cc1ccc(Cl)c(Cl)c1. The molecule has 0 saturated heterocycles. The van der Waals surface area contributed by atoms with E-state index in [0.29, 0.717) is 52.4 Å². The van der Waals surface area contributed by atoms with Crippen molar-refractivity contribution in [1.29, 1.82) is 0 Å². The Hall–Kier alpha value is -3.82. The van der Waals surface area contributed by atoms with Crippen LogP contribution in [0.3, 0.4) is 0 Å². The number of urea groups is 1. The maximum atomic E-state index is 13.8. The molecule has 3 atom stereocenters. The minimum absolute atomic E-state index is 0.0402. The molecule has 3 N–H and O–H groups in total. The van der Waals surface area contributed by atoms with Gasteiger partial charge in [-0.3, -0.25) is 9.69 Å². The molecule has 44 heavy (non-hydrogen) atoms. The quantitative estimate of drug-likeness (QED) is 0.191. The van der Waals surface area contributed by atoms with Crippen LogP contribution in [-0.2, 0) is 6.54 Å². The number of anilines is 2. The minimum Gasteiger partial charge on any atom is -0.488 e. The molecule has 4 aromatic carbocycles. The fraction of sp³-hybridized carbons (Fsp3) is 0.294. The zero-order chi connectivity index (χ0) is 31.4. The number of amides is 3. The molecule has 0 spiro atoms. The Morgan fingerprint density at radius 1 is 1.05 bits per heavy atom. The highest BCUT2D eigenvalue weighted by atomic mass is 35.5. The number of fused-ring (bicyclic) bond motifs is 2. The summed E-state index contributed by atoms with van der Waals surface area (Å²) in [5.74, 6) is 0.111. The molecule has 230 valence electrons. The number of aliphatic hydroxyl groups excluding tert-OH is 1. The summed E-state index contributed by atoms with van der Waals surface area (Å²) in [7, 11) is 2.00. The number of hydrogen-bond acceptors (Lipinski definition) is 5. The maximum absolute atomic E-state index is 13.8. The largest absolute Gasteiger partial charge is 0.488 e. The number of rotatable bonds is 8. The van der Waals surface area contributed by atoms with Gasteiger partial charge in [-0.15, -0.1) is 0 Å². The summed E-state index contributed by atoms with van der Waals surface area (Å²) in [4.78, 5) is 30.6. The van der Waals surface area contributed by atoms with Gasteiger partial charge in [0.15, 0.2) is 0 Å². The van der Waals surface area contributed by atoms with Gasteiger partial charge in [-0.1, -0.05) is 72.6 Å². The Kier molecular flexibility index (Phi) is 9.96. The molecular weight excluding hydrogens is 599 g/mol. The molecule has 3 amide bonds. The van der Waals surface area contributed by atoms with Crippen molar-refractivity contribution < 1.29 is 19.4 Å². The van der Waals surface area contributed by atoms with Gasteiger partial charge in [-0.2, -0.15) is 0 Å². The third kappa shape index (κ3) is 7.27. The van der Waals surface area contributed by atoms with E-state index in [9.17, 15) is 14.7 Å². The van der Waals surface area contributed by atoms with E-state index in [1.54, 1.807) is 29.2 Å². The second kappa shape index (κ2) is 13.9. The number of nitrogens with one attached hydrogen (secondary N) is 2. The van der Waals surface area contributed by atoms with Crippen LogP contribution < -0.4 is 15.4 Å². The standard InChI is InChI=1S/C34H36Cl2N4O4/c1-21-17-40(22(2)20-41)33(42)27-16-25(37-34(43)38-30-10-6-8-24-7-4-5-9-26(24)30)12-14-31(27)44-32(21)19-39(3)18-23-11-13-28(35)29(36)15-23/h4-16,21-22,32,41H,17-20H2,1-3H3,(H2,37,38,43)/t21-,22-,32-/m1/s1. The van der Waals surface area contributed by atoms with Crippen LogP contribution in [0.15, 0.2) is 78.9 Å². The molecule has 10 heteroatoms. The van der Waals surface area contributed by atoms with E-state index in [0.717, 1.165) is 16.3 Å². The summed E-state index contributed by atoms with van der Waals surface area (Å²) in [6.45, 7) is 5.27. The lowest BCUT2D eigenvalue weighted by molar-refractivity contribution is 0.0341.